The van der Waals surface area contributed by atoms with Gasteiger partial charge in [0.2, 0.25) is 0 Å². The van der Waals surface area contributed by atoms with Gasteiger partial charge in [0.25, 0.3) is 0 Å². The minimum absolute atomic E-state index is 0.221. The summed E-state index contributed by atoms with van der Waals surface area (Å²) in [6, 6.07) is 2.02. The van der Waals surface area contributed by atoms with Gasteiger partial charge in [-0.1, -0.05) is 32.6 Å². The van der Waals surface area contributed by atoms with Crippen molar-refractivity contribution in [1.29, 1.82) is 5.26 Å². The van der Waals surface area contributed by atoms with Crippen LogP contribution < -0.4 is 0 Å². The Hall–Kier alpha value is -1.04. The predicted molar refractivity (Wildman–Crippen MR) is 54.5 cm³/mol. The van der Waals surface area contributed by atoms with Crippen LogP contribution in [0.1, 0.15) is 45.4 Å². The van der Waals surface area contributed by atoms with Crippen molar-refractivity contribution >= 4 is 5.97 Å². The molecule has 0 aromatic heterocycles. The number of carbonyl (C=O) groups excluding carboxylic acids is 1. The number of esters is 1. The number of unbranched alkanes of at least 4 members (excludes halogenated alkanes) is 3. The summed E-state index contributed by atoms with van der Waals surface area (Å²) in [6.45, 7) is 2.15. The van der Waals surface area contributed by atoms with Gasteiger partial charge in [-0.05, 0) is 6.42 Å². The van der Waals surface area contributed by atoms with E-state index in [2.05, 4.69) is 11.7 Å². The van der Waals surface area contributed by atoms with Crippen LogP contribution in [0.5, 0.6) is 0 Å². The summed E-state index contributed by atoms with van der Waals surface area (Å²) < 4.78 is 4.63. The fourth-order valence-corrected chi connectivity index (χ4v) is 1.40. The molecular weight excluding hydrogens is 178 g/mol. The van der Waals surface area contributed by atoms with Crippen LogP contribution in [0.2, 0.25) is 0 Å². The van der Waals surface area contributed by atoms with E-state index in [1.54, 1.807) is 0 Å². The van der Waals surface area contributed by atoms with Gasteiger partial charge in [0.15, 0.2) is 0 Å². The number of methoxy groups -OCH3 is 1. The monoisotopic (exact) mass is 197 g/mol. The zero-order valence-electron chi connectivity index (χ0n) is 9.08. The maximum absolute atomic E-state index is 11.2. The van der Waals surface area contributed by atoms with Crippen LogP contribution in [0.15, 0.2) is 0 Å². The third kappa shape index (κ3) is 5.58. The molecule has 0 bridgehead atoms. The molecule has 3 heteroatoms. The van der Waals surface area contributed by atoms with Gasteiger partial charge in [-0.3, -0.25) is 4.79 Å². The van der Waals surface area contributed by atoms with E-state index in [1.807, 2.05) is 6.07 Å². The van der Waals surface area contributed by atoms with Gasteiger partial charge in [0.05, 0.1) is 19.1 Å². The number of ether oxygens (including phenoxy) is 1. The van der Waals surface area contributed by atoms with Gasteiger partial charge in [-0.15, -0.1) is 0 Å². The lowest BCUT2D eigenvalue weighted by Crippen LogP contribution is -2.15. The molecule has 0 aliphatic heterocycles. The summed E-state index contributed by atoms with van der Waals surface area (Å²) in [7, 11) is 1.37. The molecule has 0 N–H and O–H groups in total. The quantitative estimate of drug-likeness (QED) is 0.465. The molecule has 0 aliphatic rings. The second-order valence-corrected chi connectivity index (χ2v) is 3.43. The van der Waals surface area contributed by atoms with Gasteiger partial charge in [0.1, 0.15) is 0 Å². The predicted octanol–water partition coefficient (Wildman–Crippen LogP) is 2.66. The first kappa shape index (κ1) is 13.0. The minimum Gasteiger partial charge on any atom is -0.469 e. The Morgan fingerprint density at radius 1 is 1.43 bits per heavy atom. The highest BCUT2D eigenvalue weighted by atomic mass is 16.5. The molecule has 0 radical (unpaired) electrons. The highest BCUT2D eigenvalue weighted by molar-refractivity contribution is 5.72. The number of hydrogen-bond acceptors (Lipinski definition) is 3. The third-order valence-corrected chi connectivity index (χ3v) is 2.28. The Bertz CT molecular complexity index is 196. The van der Waals surface area contributed by atoms with Crippen LogP contribution in [-0.4, -0.2) is 13.1 Å². The molecule has 80 valence electrons. The zero-order valence-corrected chi connectivity index (χ0v) is 9.08. The Morgan fingerprint density at radius 3 is 2.64 bits per heavy atom. The molecule has 3 nitrogen and oxygen atoms in total. The topological polar surface area (TPSA) is 50.1 Å². The van der Waals surface area contributed by atoms with E-state index in [1.165, 1.54) is 20.0 Å². The first-order valence-corrected chi connectivity index (χ1v) is 5.21. The van der Waals surface area contributed by atoms with Crippen LogP contribution >= 0.6 is 0 Å². The fourth-order valence-electron chi connectivity index (χ4n) is 1.40. The lowest BCUT2D eigenvalue weighted by atomic mass is 9.98. The van der Waals surface area contributed by atoms with Gasteiger partial charge in [-0.2, -0.15) is 5.26 Å². The number of carbonyl (C=O) groups is 1. The SMILES string of the molecule is CCCCCCC(CC#N)C(=O)OC. The number of hydrogen-bond donors (Lipinski definition) is 0. The second kappa shape index (κ2) is 8.55. The Morgan fingerprint density at radius 2 is 2.14 bits per heavy atom. The molecule has 0 saturated carbocycles. The van der Waals surface area contributed by atoms with Gasteiger partial charge < -0.3 is 4.74 Å². The summed E-state index contributed by atoms with van der Waals surface area (Å²) >= 11 is 0. The fraction of sp³-hybridized carbons (Fsp3) is 0.818. The zero-order chi connectivity index (χ0) is 10.8. The third-order valence-electron chi connectivity index (χ3n) is 2.28. The highest BCUT2D eigenvalue weighted by Crippen LogP contribution is 2.15. The van der Waals surface area contributed by atoms with E-state index < -0.39 is 0 Å². The molecule has 0 rings (SSSR count). The van der Waals surface area contributed by atoms with Crippen molar-refractivity contribution in [2.24, 2.45) is 5.92 Å². The van der Waals surface area contributed by atoms with Crippen molar-refractivity contribution in [3.05, 3.63) is 0 Å². The number of nitrogens with zero attached hydrogens (tertiary/aromatic N) is 1. The lowest BCUT2D eigenvalue weighted by molar-refractivity contribution is -0.145. The molecule has 14 heavy (non-hydrogen) atoms. The van der Waals surface area contributed by atoms with E-state index in [0.717, 1.165) is 19.3 Å². The Balaban J connectivity index is 3.74. The molecule has 0 heterocycles. The molecule has 0 saturated heterocycles. The Kier molecular flexibility index (Phi) is 7.92. The van der Waals surface area contributed by atoms with E-state index in [9.17, 15) is 4.79 Å². The smallest absolute Gasteiger partial charge is 0.309 e. The van der Waals surface area contributed by atoms with E-state index in [0.29, 0.717) is 0 Å². The largest absolute Gasteiger partial charge is 0.469 e. The summed E-state index contributed by atoms with van der Waals surface area (Å²) in [5, 5.41) is 8.53. The second-order valence-electron chi connectivity index (χ2n) is 3.43. The van der Waals surface area contributed by atoms with Crippen molar-refractivity contribution in [1.82, 2.24) is 0 Å². The molecule has 0 aromatic carbocycles. The normalized spacial score (nSPS) is 11.8. The molecule has 0 spiro atoms. The van der Waals surface area contributed by atoms with E-state index >= 15 is 0 Å². The molecule has 0 amide bonds. The molecule has 0 aliphatic carbocycles. The lowest BCUT2D eigenvalue weighted by Gasteiger charge is -2.10. The molecular formula is C11H19NO2. The van der Waals surface area contributed by atoms with Crippen LogP contribution in [0.25, 0.3) is 0 Å². The maximum atomic E-state index is 11.2. The summed E-state index contributed by atoms with van der Waals surface area (Å²) in [5.41, 5.74) is 0. The maximum Gasteiger partial charge on any atom is 0.309 e. The van der Waals surface area contributed by atoms with Crippen molar-refractivity contribution in [2.75, 3.05) is 7.11 Å². The van der Waals surface area contributed by atoms with Crippen LogP contribution in [0.4, 0.5) is 0 Å². The standard InChI is InChI=1S/C11H19NO2/c1-3-4-5-6-7-10(8-9-12)11(13)14-2/h10H,3-8H2,1-2H3. The van der Waals surface area contributed by atoms with Crippen molar-refractivity contribution in [3.8, 4) is 6.07 Å². The average molecular weight is 197 g/mol. The average Bonchev–Trinajstić information content (AvgIpc) is 2.21. The van der Waals surface area contributed by atoms with Crippen LogP contribution in [-0.2, 0) is 9.53 Å². The molecule has 1 atom stereocenters. The first-order valence-electron chi connectivity index (χ1n) is 5.21. The minimum atomic E-state index is -0.247. The van der Waals surface area contributed by atoms with E-state index in [-0.39, 0.29) is 18.3 Å². The molecule has 0 aromatic rings. The first-order chi connectivity index (χ1) is 6.76. The van der Waals surface area contributed by atoms with Crippen molar-refractivity contribution in [2.45, 2.75) is 45.4 Å². The summed E-state index contributed by atoms with van der Waals surface area (Å²) in [6.07, 6.45) is 5.57. The van der Waals surface area contributed by atoms with Crippen molar-refractivity contribution in [3.63, 3.8) is 0 Å². The molecule has 0 fully saturated rings. The van der Waals surface area contributed by atoms with Gasteiger partial charge >= 0.3 is 5.97 Å². The summed E-state index contributed by atoms with van der Waals surface area (Å²) in [5.74, 6) is -0.468. The van der Waals surface area contributed by atoms with Gasteiger partial charge in [0, 0.05) is 6.42 Å². The number of nitriles is 1. The van der Waals surface area contributed by atoms with Crippen molar-refractivity contribution < 1.29 is 9.53 Å². The number of rotatable bonds is 7. The highest BCUT2D eigenvalue weighted by Gasteiger charge is 2.17. The van der Waals surface area contributed by atoms with Gasteiger partial charge in [-0.25, -0.2) is 0 Å². The van der Waals surface area contributed by atoms with Crippen LogP contribution in [0, 0.1) is 17.2 Å². The van der Waals surface area contributed by atoms with E-state index in [4.69, 9.17) is 5.26 Å². The van der Waals surface area contributed by atoms with Crippen LogP contribution in [0.3, 0.4) is 0 Å². The Labute approximate surface area is 86.1 Å². The summed E-state index contributed by atoms with van der Waals surface area (Å²) in [4.78, 5) is 11.2. The molecule has 1 unspecified atom stereocenters.